The van der Waals surface area contributed by atoms with Crippen molar-refractivity contribution in [3.8, 4) is 0 Å². The van der Waals surface area contributed by atoms with Gasteiger partial charge in [-0.1, -0.05) is 114 Å². The highest BCUT2D eigenvalue weighted by molar-refractivity contribution is 9.10. The number of benzene rings is 4. The van der Waals surface area contributed by atoms with Crippen molar-refractivity contribution in [1.82, 2.24) is 10.2 Å². The number of anilines is 1. The molecule has 230 valence electrons. The van der Waals surface area contributed by atoms with Crippen molar-refractivity contribution >= 4 is 55.1 Å². The molecule has 0 unspecified atom stereocenters. The van der Waals surface area contributed by atoms with Crippen LogP contribution in [0.4, 0.5) is 5.69 Å². The molecule has 0 saturated heterocycles. The van der Waals surface area contributed by atoms with Crippen molar-refractivity contribution in [1.29, 1.82) is 0 Å². The number of carbonyl (C=O) groups excluding carboxylic acids is 2. The van der Waals surface area contributed by atoms with E-state index in [-0.39, 0.29) is 29.7 Å². The number of sulfonamides is 1. The van der Waals surface area contributed by atoms with Gasteiger partial charge < -0.3 is 10.2 Å². The fraction of sp³-hybridized carbons (Fsp3) is 0.235. The SMILES string of the molecule is CC(C)CNC(=O)[C@@H](Cc1ccccc1)N(Cc1ccccc1Cl)C(=O)CN(c1cccc(Br)c1)S(=O)(=O)c1ccccc1. The minimum absolute atomic E-state index is 0.00279. The van der Waals surface area contributed by atoms with Crippen molar-refractivity contribution in [3.05, 3.63) is 130 Å². The highest BCUT2D eigenvalue weighted by atomic mass is 79.9. The minimum Gasteiger partial charge on any atom is -0.354 e. The van der Waals surface area contributed by atoms with Gasteiger partial charge in [0.15, 0.2) is 0 Å². The van der Waals surface area contributed by atoms with E-state index >= 15 is 0 Å². The molecule has 4 rings (SSSR count). The van der Waals surface area contributed by atoms with Crippen LogP contribution in [0.25, 0.3) is 0 Å². The monoisotopic (exact) mass is 695 g/mol. The Morgan fingerprint density at radius 3 is 2.14 bits per heavy atom. The average molecular weight is 697 g/mol. The van der Waals surface area contributed by atoms with Gasteiger partial charge in [0.1, 0.15) is 12.6 Å². The summed E-state index contributed by atoms with van der Waals surface area (Å²) in [5.41, 5.74) is 1.80. The van der Waals surface area contributed by atoms with Crippen molar-refractivity contribution in [2.24, 2.45) is 5.92 Å². The third kappa shape index (κ3) is 8.71. The van der Waals surface area contributed by atoms with E-state index in [1.54, 1.807) is 60.7 Å². The number of nitrogens with one attached hydrogen (secondary N) is 1. The molecule has 44 heavy (non-hydrogen) atoms. The molecular formula is C34H35BrClN3O4S. The second-order valence-electron chi connectivity index (χ2n) is 10.8. The molecule has 0 fully saturated rings. The summed E-state index contributed by atoms with van der Waals surface area (Å²) in [5, 5.41) is 3.42. The van der Waals surface area contributed by atoms with Crippen LogP contribution in [0.3, 0.4) is 0 Å². The van der Waals surface area contributed by atoms with Crippen molar-refractivity contribution < 1.29 is 18.0 Å². The summed E-state index contributed by atoms with van der Waals surface area (Å²) in [5.74, 6) is -0.694. The topological polar surface area (TPSA) is 86.8 Å². The Morgan fingerprint density at radius 1 is 0.864 bits per heavy atom. The molecule has 4 aromatic carbocycles. The van der Waals surface area contributed by atoms with Crippen LogP contribution in [0.15, 0.2) is 119 Å². The first-order valence-corrected chi connectivity index (χ1v) is 16.8. The van der Waals surface area contributed by atoms with Gasteiger partial charge in [-0.25, -0.2) is 8.42 Å². The number of halogens is 2. The maximum Gasteiger partial charge on any atom is 0.264 e. The predicted octanol–water partition coefficient (Wildman–Crippen LogP) is 6.71. The standard InChI is InChI=1S/C34H35BrClN3O4S/c1-25(2)22-37-34(41)32(20-26-12-5-3-6-13-26)38(23-27-14-9-10-19-31(27)36)33(40)24-39(29-16-11-15-28(35)21-29)44(42,43)30-17-7-4-8-18-30/h3-19,21,25,32H,20,22-24H2,1-2H3,(H,37,41)/t32-/m1/s1. The zero-order chi connectivity index (χ0) is 31.7. The van der Waals surface area contributed by atoms with Gasteiger partial charge in [0.2, 0.25) is 11.8 Å². The summed E-state index contributed by atoms with van der Waals surface area (Å²) >= 11 is 9.97. The Kier molecular flexibility index (Phi) is 11.6. The molecule has 0 aliphatic heterocycles. The molecule has 0 saturated carbocycles. The summed E-state index contributed by atoms with van der Waals surface area (Å²) < 4.78 is 29.8. The molecule has 10 heteroatoms. The fourth-order valence-electron chi connectivity index (χ4n) is 4.67. The summed E-state index contributed by atoms with van der Waals surface area (Å²) in [6.07, 6.45) is 0.225. The van der Waals surface area contributed by atoms with Gasteiger partial charge in [-0.05, 0) is 53.4 Å². The second kappa shape index (κ2) is 15.4. The van der Waals surface area contributed by atoms with Gasteiger partial charge in [0.25, 0.3) is 10.0 Å². The van der Waals surface area contributed by atoms with Crippen molar-refractivity contribution in [2.75, 3.05) is 17.4 Å². The summed E-state index contributed by atoms with van der Waals surface area (Å²) in [6.45, 7) is 3.86. The van der Waals surface area contributed by atoms with Crippen LogP contribution in [0, 0.1) is 5.92 Å². The molecule has 0 spiro atoms. The van der Waals surface area contributed by atoms with Gasteiger partial charge in [-0.15, -0.1) is 0 Å². The normalized spacial score (nSPS) is 12.0. The molecule has 0 bridgehead atoms. The molecule has 2 amide bonds. The average Bonchev–Trinajstić information content (AvgIpc) is 3.02. The minimum atomic E-state index is -4.17. The van der Waals surface area contributed by atoms with Crippen LogP contribution < -0.4 is 9.62 Å². The van der Waals surface area contributed by atoms with Gasteiger partial charge in [-0.3, -0.25) is 13.9 Å². The zero-order valence-corrected chi connectivity index (χ0v) is 27.7. The van der Waals surface area contributed by atoms with Gasteiger partial charge in [0.05, 0.1) is 10.6 Å². The van der Waals surface area contributed by atoms with E-state index in [0.29, 0.717) is 27.3 Å². The molecule has 1 atom stereocenters. The summed E-state index contributed by atoms with van der Waals surface area (Å²) in [6, 6.07) is 30.3. The first-order chi connectivity index (χ1) is 21.1. The van der Waals surface area contributed by atoms with E-state index in [4.69, 9.17) is 11.6 Å². The molecule has 7 nitrogen and oxygen atoms in total. The Hall–Kier alpha value is -3.66. The number of hydrogen-bond donors (Lipinski definition) is 1. The molecule has 0 radical (unpaired) electrons. The number of carbonyl (C=O) groups is 2. The quantitative estimate of drug-likeness (QED) is 0.168. The smallest absolute Gasteiger partial charge is 0.264 e. The van der Waals surface area contributed by atoms with Crippen LogP contribution in [0.5, 0.6) is 0 Å². The van der Waals surface area contributed by atoms with E-state index in [9.17, 15) is 18.0 Å². The highest BCUT2D eigenvalue weighted by Gasteiger charge is 2.35. The molecule has 0 aliphatic rings. The van der Waals surface area contributed by atoms with Gasteiger partial charge in [-0.2, -0.15) is 0 Å². The number of rotatable bonds is 13. The predicted molar refractivity (Wildman–Crippen MR) is 179 cm³/mol. The van der Waals surface area contributed by atoms with Crippen molar-refractivity contribution in [3.63, 3.8) is 0 Å². The molecule has 0 aliphatic carbocycles. The second-order valence-corrected chi connectivity index (χ2v) is 13.9. The van der Waals surface area contributed by atoms with E-state index in [1.807, 2.05) is 50.2 Å². The van der Waals surface area contributed by atoms with Crippen molar-refractivity contribution in [2.45, 2.75) is 37.8 Å². The first kappa shape index (κ1) is 33.2. The largest absolute Gasteiger partial charge is 0.354 e. The third-order valence-electron chi connectivity index (χ3n) is 6.96. The molecule has 4 aromatic rings. The lowest BCUT2D eigenvalue weighted by atomic mass is 10.0. The van der Waals surface area contributed by atoms with Gasteiger partial charge in [0, 0.05) is 29.0 Å². The van der Waals surface area contributed by atoms with Crippen LogP contribution in [0.2, 0.25) is 5.02 Å². The third-order valence-corrected chi connectivity index (χ3v) is 9.61. The Bertz CT molecular complexity index is 1670. The first-order valence-electron chi connectivity index (χ1n) is 14.2. The summed E-state index contributed by atoms with van der Waals surface area (Å²) in [4.78, 5) is 29.8. The number of nitrogens with zero attached hydrogens (tertiary/aromatic N) is 2. The lowest BCUT2D eigenvalue weighted by Crippen LogP contribution is -2.53. The highest BCUT2D eigenvalue weighted by Crippen LogP contribution is 2.28. The maximum absolute atomic E-state index is 14.5. The molecular weight excluding hydrogens is 662 g/mol. The Morgan fingerprint density at radius 2 is 1.50 bits per heavy atom. The number of hydrogen-bond acceptors (Lipinski definition) is 4. The lowest BCUT2D eigenvalue weighted by molar-refractivity contribution is -0.140. The van der Waals surface area contributed by atoms with Crippen LogP contribution >= 0.6 is 27.5 Å². The Balaban J connectivity index is 1.80. The molecule has 0 aromatic heterocycles. The maximum atomic E-state index is 14.5. The van der Waals surface area contributed by atoms with E-state index in [2.05, 4.69) is 21.2 Å². The Labute approximate surface area is 273 Å². The molecule has 1 N–H and O–H groups in total. The van der Waals surface area contributed by atoms with E-state index < -0.39 is 28.5 Å². The van der Waals surface area contributed by atoms with E-state index in [0.717, 1.165) is 9.87 Å². The van der Waals surface area contributed by atoms with Crippen LogP contribution in [-0.4, -0.2) is 44.3 Å². The lowest BCUT2D eigenvalue weighted by Gasteiger charge is -2.34. The van der Waals surface area contributed by atoms with Gasteiger partial charge >= 0.3 is 0 Å². The van der Waals surface area contributed by atoms with E-state index in [1.165, 1.54) is 17.0 Å². The van der Waals surface area contributed by atoms with Crippen LogP contribution in [-0.2, 0) is 32.6 Å². The zero-order valence-electron chi connectivity index (χ0n) is 24.6. The summed E-state index contributed by atoms with van der Waals surface area (Å²) in [7, 11) is -4.17. The molecule has 0 heterocycles. The fourth-order valence-corrected chi connectivity index (χ4v) is 6.68. The van der Waals surface area contributed by atoms with Crippen LogP contribution in [0.1, 0.15) is 25.0 Å². The number of amides is 2.